The summed E-state index contributed by atoms with van der Waals surface area (Å²) in [6.07, 6.45) is 0.629. The predicted molar refractivity (Wildman–Crippen MR) is 110 cm³/mol. The lowest BCUT2D eigenvalue weighted by molar-refractivity contribution is 0.0628. The molecule has 4 rings (SSSR count). The summed E-state index contributed by atoms with van der Waals surface area (Å²) < 4.78 is 25.7. The fraction of sp³-hybridized carbons (Fsp3) is 0.381. The summed E-state index contributed by atoms with van der Waals surface area (Å²) in [5.41, 5.74) is 2.42. The van der Waals surface area contributed by atoms with Gasteiger partial charge in [0.2, 0.25) is 10.0 Å². The first-order chi connectivity index (χ1) is 13.5. The highest BCUT2D eigenvalue weighted by molar-refractivity contribution is 7.93. The third-order valence-corrected chi connectivity index (χ3v) is 7.26. The van der Waals surface area contributed by atoms with Crippen molar-refractivity contribution in [3.63, 3.8) is 0 Å². The Balaban J connectivity index is 1.40. The summed E-state index contributed by atoms with van der Waals surface area (Å²) in [7, 11) is -3.24. The van der Waals surface area contributed by atoms with E-state index >= 15 is 0 Å². The van der Waals surface area contributed by atoms with Crippen molar-refractivity contribution < 1.29 is 13.2 Å². The number of benzene rings is 2. The number of nitrogens with zero attached hydrogens (tertiary/aromatic N) is 3. The Morgan fingerprint density at radius 3 is 2.32 bits per heavy atom. The monoisotopic (exact) mass is 399 g/mol. The zero-order valence-electron chi connectivity index (χ0n) is 15.8. The van der Waals surface area contributed by atoms with Crippen LogP contribution in [0.15, 0.2) is 54.6 Å². The second-order valence-electron chi connectivity index (χ2n) is 7.35. The van der Waals surface area contributed by atoms with E-state index in [1.807, 2.05) is 23.1 Å². The number of rotatable bonds is 4. The number of anilines is 1. The normalized spacial score (nSPS) is 19.7. The average Bonchev–Trinajstić information content (AvgIpc) is 3.08. The van der Waals surface area contributed by atoms with Crippen molar-refractivity contribution in [2.45, 2.75) is 13.0 Å². The fourth-order valence-electron chi connectivity index (χ4n) is 3.86. The highest BCUT2D eigenvalue weighted by atomic mass is 32.2. The van der Waals surface area contributed by atoms with Crippen LogP contribution in [0.5, 0.6) is 0 Å². The van der Waals surface area contributed by atoms with Crippen molar-refractivity contribution in [1.29, 1.82) is 0 Å². The van der Waals surface area contributed by atoms with Crippen LogP contribution >= 0.6 is 0 Å². The quantitative estimate of drug-likeness (QED) is 0.791. The third kappa shape index (κ3) is 4.05. The maximum absolute atomic E-state index is 12.9. The molecule has 0 N–H and O–H groups in total. The van der Waals surface area contributed by atoms with E-state index in [0.717, 1.165) is 19.6 Å². The minimum Gasteiger partial charge on any atom is -0.336 e. The molecule has 2 aromatic rings. The van der Waals surface area contributed by atoms with Crippen LogP contribution in [0.1, 0.15) is 22.3 Å². The molecular weight excluding hydrogens is 374 g/mol. The molecule has 7 heteroatoms. The largest absolute Gasteiger partial charge is 0.336 e. The first kappa shape index (κ1) is 19.0. The van der Waals surface area contributed by atoms with Crippen molar-refractivity contribution in [3.8, 4) is 0 Å². The van der Waals surface area contributed by atoms with Gasteiger partial charge in [-0.25, -0.2) is 8.42 Å². The van der Waals surface area contributed by atoms with Crippen LogP contribution in [0.25, 0.3) is 0 Å². The Bertz CT molecular complexity index is 938. The Morgan fingerprint density at radius 2 is 1.64 bits per heavy atom. The second kappa shape index (κ2) is 7.93. The van der Waals surface area contributed by atoms with Crippen LogP contribution in [0.3, 0.4) is 0 Å². The fourth-order valence-corrected chi connectivity index (χ4v) is 5.41. The molecule has 0 atom stereocenters. The van der Waals surface area contributed by atoms with Gasteiger partial charge in [0, 0.05) is 44.8 Å². The maximum atomic E-state index is 12.9. The molecular formula is C21H25N3O3S. The van der Waals surface area contributed by atoms with Gasteiger partial charge in [-0.15, -0.1) is 0 Å². The molecule has 2 aliphatic rings. The molecule has 0 radical (unpaired) electrons. The van der Waals surface area contributed by atoms with Crippen LogP contribution in [0, 0.1) is 0 Å². The van der Waals surface area contributed by atoms with E-state index in [9.17, 15) is 13.2 Å². The van der Waals surface area contributed by atoms with Gasteiger partial charge in [-0.2, -0.15) is 0 Å². The topological polar surface area (TPSA) is 60.9 Å². The molecule has 2 fully saturated rings. The Morgan fingerprint density at radius 1 is 0.893 bits per heavy atom. The molecule has 2 heterocycles. The summed E-state index contributed by atoms with van der Waals surface area (Å²) in [6.45, 7) is 4.40. The summed E-state index contributed by atoms with van der Waals surface area (Å²) in [5.74, 6) is 0.145. The first-order valence-electron chi connectivity index (χ1n) is 9.69. The maximum Gasteiger partial charge on any atom is 0.254 e. The van der Waals surface area contributed by atoms with Gasteiger partial charge in [0.15, 0.2) is 0 Å². The number of sulfonamides is 1. The molecule has 2 aromatic carbocycles. The van der Waals surface area contributed by atoms with Crippen LogP contribution in [0.4, 0.5) is 5.69 Å². The number of piperazine rings is 1. The van der Waals surface area contributed by atoms with Gasteiger partial charge in [0.05, 0.1) is 11.4 Å². The van der Waals surface area contributed by atoms with Gasteiger partial charge in [-0.1, -0.05) is 36.4 Å². The molecule has 1 amide bonds. The van der Waals surface area contributed by atoms with Crippen molar-refractivity contribution in [2.24, 2.45) is 0 Å². The lowest BCUT2D eigenvalue weighted by atomic mass is 10.1. The van der Waals surface area contributed by atoms with Gasteiger partial charge >= 0.3 is 0 Å². The van der Waals surface area contributed by atoms with Crippen molar-refractivity contribution in [3.05, 3.63) is 65.7 Å². The van der Waals surface area contributed by atoms with Crippen LogP contribution in [-0.4, -0.2) is 62.6 Å². The molecule has 148 valence electrons. The zero-order chi connectivity index (χ0) is 19.6. The predicted octanol–water partition coefficient (Wildman–Crippen LogP) is 2.18. The Hall–Kier alpha value is -2.38. The van der Waals surface area contributed by atoms with E-state index in [4.69, 9.17) is 0 Å². The Kier molecular flexibility index (Phi) is 5.37. The minimum absolute atomic E-state index is 0.0298. The first-order valence-corrected chi connectivity index (χ1v) is 11.3. The highest BCUT2D eigenvalue weighted by Crippen LogP contribution is 2.25. The van der Waals surface area contributed by atoms with Crippen LogP contribution < -0.4 is 4.31 Å². The van der Waals surface area contributed by atoms with E-state index < -0.39 is 10.0 Å². The van der Waals surface area contributed by atoms with Gasteiger partial charge < -0.3 is 4.90 Å². The second-order valence-corrected chi connectivity index (χ2v) is 9.36. The number of hydrogen-bond donors (Lipinski definition) is 0. The molecule has 2 aliphatic heterocycles. The molecule has 0 saturated carbocycles. The summed E-state index contributed by atoms with van der Waals surface area (Å²) in [4.78, 5) is 17.1. The van der Waals surface area contributed by atoms with E-state index in [-0.39, 0.29) is 11.7 Å². The lowest BCUT2D eigenvalue weighted by Gasteiger charge is -2.35. The summed E-state index contributed by atoms with van der Waals surface area (Å²) in [6, 6.07) is 17.4. The van der Waals surface area contributed by atoms with Crippen LogP contribution in [0.2, 0.25) is 0 Å². The molecule has 0 spiro atoms. The number of carbonyl (C=O) groups is 1. The average molecular weight is 400 g/mol. The van der Waals surface area contributed by atoms with Crippen molar-refractivity contribution in [2.75, 3.05) is 42.8 Å². The molecule has 0 aromatic heterocycles. The standard InChI is InChI=1S/C21H25N3O3S/c25-21(19-8-4-9-20(16-19)24-10-5-15-28(24,26)27)23-13-11-22(12-14-23)17-18-6-2-1-3-7-18/h1-4,6-9,16H,5,10-15,17H2. The molecule has 0 aliphatic carbocycles. The highest BCUT2D eigenvalue weighted by Gasteiger charge is 2.29. The van der Waals surface area contributed by atoms with E-state index in [2.05, 4.69) is 17.0 Å². The number of amides is 1. The third-order valence-electron chi connectivity index (χ3n) is 5.39. The van der Waals surface area contributed by atoms with Crippen LogP contribution in [-0.2, 0) is 16.6 Å². The zero-order valence-corrected chi connectivity index (χ0v) is 16.6. The van der Waals surface area contributed by atoms with Gasteiger partial charge in [-0.05, 0) is 30.2 Å². The number of carbonyl (C=O) groups excluding carboxylic acids is 1. The summed E-state index contributed by atoms with van der Waals surface area (Å²) in [5, 5.41) is 0. The molecule has 0 unspecified atom stereocenters. The molecule has 0 bridgehead atoms. The lowest BCUT2D eigenvalue weighted by Crippen LogP contribution is -2.48. The van der Waals surface area contributed by atoms with Crippen molar-refractivity contribution >= 4 is 21.6 Å². The van der Waals surface area contributed by atoms with Gasteiger partial charge in [-0.3, -0.25) is 14.0 Å². The smallest absolute Gasteiger partial charge is 0.254 e. The van der Waals surface area contributed by atoms with E-state index in [1.54, 1.807) is 24.3 Å². The van der Waals surface area contributed by atoms with Crippen molar-refractivity contribution in [1.82, 2.24) is 9.80 Å². The minimum atomic E-state index is -3.24. The molecule has 2 saturated heterocycles. The molecule has 28 heavy (non-hydrogen) atoms. The van der Waals surface area contributed by atoms with E-state index in [1.165, 1.54) is 9.87 Å². The summed E-state index contributed by atoms with van der Waals surface area (Å²) >= 11 is 0. The number of hydrogen-bond acceptors (Lipinski definition) is 4. The van der Waals surface area contributed by atoms with E-state index in [0.29, 0.717) is 37.3 Å². The SMILES string of the molecule is O=C(c1cccc(N2CCCS2(=O)=O)c1)N1CCN(Cc2ccccc2)CC1. The Labute approximate surface area is 166 Å². The van der Waals surface area contributed by atoms with Gasteiger partial charge in [0.25, 0.3) is 5.91 Å². The molecule has 6 nitrogen and oxygen atoms in total. The van der Waals surface area contributed by atoms with Gasteiger partial charge in [0.1, 0.15) is 0 Å².